The van der Waals surface area contributed by atoms with Gasteiger partial charge in [0.2, 0.25) is 5.71 Å². The average Bonchev–Trinajstić information content (AvgIpc) is 2.84. The molecule has 3 rings (SSSR count). The summed E-state index contributed by atoms with van der Waals surface area (Å²) in [5, 5.41) is 8.09. The van der Waals surface area contributed by atoms with Gasteiger partial charge in [-0.05, 0) is 18.6 Å². The van der Waals surface area contributed by atoms with Gasteiger partial charge in [-0.3, -0.25) is 5.41 Å². The molecule has 0 unspecified atom stereocenters. The smallest absolute Gasteiger partial charge is 0.247 e. The van der Waals surface area contributed by atoms with Crippen molar-refractivity contribution in [3.05, 3.63) is 54.5 Å². The number of aromatic nitrogens is 3. The lowest BCUT2D eigenvalue weighted by Crippen LogP contribution is -2.01. The Hall–Kier alpha value is -2.82. The molecule has 3 aromatic rings. The number of pyridine rings is 1. The van der Waals surface area contributed by atoms with Crippen molar-refractivity contribution in [2.75, 3.05) is 0 Å². The summed E-state index contributed by atoms with van der Waals surface area (Å²) in [5.74, 6) is 0. The summed E-state index contributed by atoms with van der Waals surface area (Å²) >= 11 is 0. The molecule has 1 N–H and O–H groups in total. The molecule has 0 atom stereocenters. The van der Waals surface area contributed by atoms with Crippen molar-refractivity contribution in [1.29, 1.82) is 5.41 Å². The summed E-state index contributed by atoms with van der Waals surface area (Å²) < 4.78 is 5.60. The zero-order valence-corrected chi connectivity index (χ0v) is 10.9. The number of fused-ring (bicyclic) bond motifs is 3. The summed E-state index contributed by atoms with van der Waals surface area (Å²) in [7, 11) is 0. The number of furan rings is 1. The quantitative estimate of drug-likeness (QED) is 0.582. The van der Waals surface area contributed by atoms with Crippen LogP contribution in [-0.2, 0) is 0 Å². The van der Waals surface area contributed by atoms with Crippen LogP contribution in [0.15, 0.2) is 53.4 Å². The fraction of sp³-hybridized carbons (Fsp3) is 0.0667. The van der Waals surface area contributed by atoms with Gasteiger partial charge in [0, 0.05) is 24.2 Å². The molecule has 0 spiro atoms. The summed E-state index contributed by atoms with van der Waals surface area (Å²) in [6.45, 7) is 5.73. The van der Waals surface area contributed by atoms with E-state index in [9.17, 15) is 0 Å². The Morgan fingerprint density at radius 2 is 2.05 bits per heavy atom. The summed E-state index contributed by atoms with van der Waals surface area (Å²) in [6.07, 6.45) is 8.43. The van der Waals surface area contributed by atoms with Crippen LogP contribution in [0.4, 0.5) is 0 Å². The number of hydrogen-bond donors (Lipinski definition) is 1. The van der Waals surface area contributed by atoms with E-state index in [1.54, 1.807) is 30.7 Å². The van der Waals surface area contributed by atoms with Crippen LogP contribution in [0, 0.1) is 5.41 Å². The Morgan fingerprint density at radius 3 is 2.85 bits per heavy atom. The largest absolute Gasteiger partial charge is 0.435 e. The van der Waals surface area contributed by atoms with Gasteiger partial charge in [-0.25, -0.2) is 15.0 Å². The molecule has 0 amide bonds. The average molecular weight is 264 g/mol. The Bertz CT molecular complexity index is 861. The van der Waals surface area contributed by atoms with Crippen molar-refractivity contribution in [2.24, 2.45) is 0 Å². The van der Waals surface area contributed by atoms with E-state index in [0.717, 1.165) is 0 Å². The maximum atomic E-state index is 8.09. The van der Waals surface area contributed by atoms with Crippen LogP contribution < -0.4 is 0 Å². The van der Waals surface area contributed by atoms with Gasteiger partial charge < -0.3 is 4.42 Å². The number of hydrogen-bond acceptors (Lipinski definition) is 5. The normalized spacial score (nSPS) is 11.4. The Kier molecular flexibility index (Phi) is 2.87. The van der Waals surface area contributed by atoms with Gasteiger partial charge in [0.25, 0.3) is 0 Å². The van der Waals surface area contributed by atoms with Crippen molar-refractivity contribution in [2.45, 2.75) is 6.92 Å². The molecule has 20 heavy (non-hydrogen) atoms. The molecule has 0 bridgehead atoms. The molecule has 0 aliphatic heterocycles. The fourth-order valence-electron chi connectivity index (χ4n) is 1.97. The minimum absolute atomic E-state index is 0.318. The van der Waals surface area contributed by atoms with Gasteiger partial charge in [0.15, 0.2) is 11.1 Å². The molecule has 0 aliphatic carbocycles. The summed E-state index contributed by atoms with van der Waals surface area (Å²) in [6, 6.07) is 1.77. The number of nitrogens with one attached hydrogen (secondary N) is 1. The van der Waals surface area contributed by atoms with Crippen molar-refractivity contribution >= 4 is 28.0 Å². The Balaban J connectivity index is 2.14. The van der Waals surface area contributed by atoms with Crippen LogP contribution in [0.25, 0.3) is 22.3 Å². The Labute approximate surface area is 115 Å². The van der Waals surface area contributed by atoms with Gasteiger partial charge in [0.05, 0.1) is 5.71 Å². The SMILES string of the molecule is C=C(/C=C\C)C(=N)c1cnc2c(c1)oc1nccnc12. The van der Waals surface area contributed by atoms with E-state index < -0.39 is 0 Å². The number of nitrogens with zero attached hydrogens (tertiary/aromatic N) is 3. The molecule has 0 radical (unpaired) electrons. The highest BCUT2D eigenvalue weighted by Gasteiger charge is 2.12. The zero-order valence-electron chi connectivity index (χ0n) is 10.9. The van der Waals surface area contributed by atoms with E-state index in [1.807, 2.05) is 13.0 Å². The molecule has 98 valence electrons. The standard InChI is InChI=1S/C15H12N4O/c1-3-4-9(2)12(16)10-7-11-13(19-8-10)14-15(20-11)18-6-5-17-14/h3-8,16H,2H2,1H3/b4-3-,16-12?. The van der Waals surface area contributed by atoms with Gasteiger partial charge in [0.1, 0.15) is 5.52 Å². The number of rotatable bonds is 3. The van der Waals surface area contributed by atoms with Gasteiger partial charge in [-0.1, -0.05) is 18.7 Å². The maximum absolute atomic E-state index is 8.09. The second-order valence-corrected chi connectivity index (χ2v) is 4.28. The highest BCUT2D eigenvalue weighted by molar-refractivity contribution is 6.13. The van der Waals surface area contributed by atoms with Crippen molar-refractivity contribution in [1.82, 2.24) is 15.0 Å². The maximum Gasteiger partial charge on any atom is 0.247 e. The van der Waals surface area contributed by atoms with Crippen LogP contribution in [0.5, 0.6) is 0 Å². The van der Waals surface area contributed by atoms with Crippen molar-refractivity contribution in [3.8, 4) is 0 Å². The highest BCUT2D eigenvalue weighted by Crippen LogP contribution is 2.24. The minimum Gasteiger partial charge on any atom is -0.435 e. The summed E-state index contributed by atoms with van der Waals surface area (Å²) in [4.78, 5) is 12.6. The first-order chi connectivity index (χ1) is 9.70. The lowest BCUT2D eigenvalue weighted by atomic mass is 10.1. The van der Waals surface area contributed by atoms with E-state index in [1.165, 1.54) is 0 Å². The monoisotopic (exact) mass is 264 g/mol. The Morgan fingerprint density at radius 1 is 1.25 bits per heavy atom. The minimum atomic E-state index is 0.318. The molecule has 0 aromatic carbocycles. The second-order valence-electron chi connectivity index (χ2n) is 4.28. The van der Waals surface area contributed by atoms with E-state index >= 15 is 0 Å². The third-order valence-corrected chi connectivity index (χ3v) is 2.93. The summed E-state index contributed by atoms with van der Waals surface area (Å²) in [5.41, 5.74) is 3.90. The first kappa shape index (κ1) is 12.2. The molecule has 5 heteroatoms. The lowest BCUT2D eigenvalue weighted by molar-refractivity contribution is 0.652. The third kappa shape index (κ3) is 1.89. The first-order valence-corrected chi connectivity index (χ1v) is 6.11. The van der Waals surface area contributed by atoms with Gasteiger partial charge in [-0.15, -0.1) is 0 Å². The highest BCUT2D eigenvalue weighted by atomic mass is 16.3. The molecule has 5 nitrogen and oxygen atoms in total. The molecule has 3 aromatic heterocycles. The predicted octanol–water partition coefficient (Wildman–Crippen LogP) is 3.27. The number of allylic oxidation sites excluding steroid dienone is 3. The van der Waals surface area contributed by atoms with Crippen LogP contribution >= 0.6 is 0 Å². The van der Waals surface area contributed by atoms with E-state index in [2.05, 4.69) is 21.5 Å². The molecule has 0 aliphatic rings. The predicted molar refractivity (Wildman–Crippen MR) is 77.9 cm³/mol. The van der Waals surface area contributed by atoms with E-state index in [0.29, 0.717) is 39.2 Å². The molecule has 0 saturated carbocycles. The molecule has 0 saturated heterocycles. The molecular weight excluding hydrogens is 252 g/mol. The van der Waals surface area contributed by atoms with Crippen LogP contribution in [0.3, 0.4) is 0 Å². The first-order valence-electron chi connectivity index (χ1n) is 6.11. The van der Waals surface area contributed by atoms with Crippen LogP contribution in [0.1, 0.15) is 12.5 Å². The zero-order chi connectivity index (χ0) is 14.1. The van der Waals surface area contributed by atoms with E-state index in [4.69, 9.17) is 9.83 Å². The third-order valence-electron chi connectivity index (χ3n) is 2.93. The van der Waals surface area contributed by atoms with Crippen LogP contribution in [-0.4, -0.2) is 20.7 Å². The lowest BCUT2D eigenvalue weighted by Gasteiger charge is -2.02. The van der Waals surface area contributed by atoms with Crippen molar-refractivity contribution in [3.63, 3.8) is 0 Å². The second kappa shape index (κ2) is 4.70. The molecule has 3 heterocycles. The van der Waals surface area contributed by atoms with Gasteiger partial charge in [-0.2, -0.15) is 0 Å². The van der Waals surface area contributed by atoms with Gasteiger partial charge >= 0.3 is 0 Å². The van der Waals surface area contributed by atoms with Crippen molar-refractivity contribution < 1.29 is 4.42 Å². The topological polar surface area (TPSA) is 75.7 Å². The molecular formula is C15H12N4O. The fourth-order valence-corrected chi connectivity index (χ4v) is 1.97. The molecule has 0 fully saturated rings. The van der Waals surface area contributed by atoms with Crippen LogP contribution in [0.2, 0.25) is 0 Å². The van der Waals surface area contributed by atoms with E-state index in [-0.39, 0.29) is 0 Å².